The van der Waals surface area contributed by atoms with Crippen LogP contribution >= 0.6 is 0 Å². The average molecular weight is 296 g/mol. The number of hydrogen-bond donors (Lipinski definition) is 0. The van der Waals surface area contributed by atoms with E-state index < -0.39 is 0 Å². The highest BCUT2D eigenvalue weighted by Gasteiger charge is 2.25. The van der Waals surface area contributed by atoms with Gasteiger partial charge in [0.1, 0.15) is 5.52 Å². The van der Waals surface area contributed by atoms with Crippen molar-refractivity contribution in [2.45, 2.75) is 32.7 Å². The van der Waals surface area contributed by atoms with Crippen molar-refractivity contribution in [3.05, 3.63) is 42.4 Å². The second-order valence-electron chi connectivity index (χ2n) is 6.05. The fourth-order valence-corrected chi connectivity index (χ4v) is 3.44. The summed E-state index contributed by atoms with van der Waals surface area (Å²) in [7, 11) is 0. The number of nitrogens with zero attached hydrogens (tertiary/aromatic N) is 6. The van der Waals surface area contributed by atoms with Crippen LogP contribution in [-0.4, -0.2) is 37.2 Å². The molecule has 0 saturated carbocycles. The number of anilines is 1. The maximum Gasteiger partial charge on any atom is 0.154 e. The van der Waals surface area contributed by atoms with Crippen LogP contribution in [0.2, 0.25) is 0 Å². The molecule has 0 radical (unpaired) electrons. The molecule has 0 aromatic carbocycles. The Morgan fingerprint density at radius 3 is 3.00 bits per heavy atom. The van der Waals surface area contributed by atoms with Crippen LogP contribution in [0, 0.1) is 13.8 Å². The molecule has 1 unspecified atom stereocenters. The number of piperidine rings is 1. The Hall–Kier alpha value is -2.37. The van der Waals surface area contributed by atoms with E-state index in [0.29, 0.717) is 6.04 Å². The summed E-state index contributed by atoms with van der Waals surface area (Å²) in [5.74, 6) is 1.02. The minimum atomic E-state index is 0.410. The second kappa shape index (κ2) is 5.12. The molecule has 0 N–H and O–H groups in total. The molecule has 22 heavy (non-hydrogen) atoms. The Morgan fingerprint density at radius 2 is 2.18 bits per heavy atom. The number of fused-ring (bicyclic) bond motifs is 1. The van der Waals surface area contributed by atoms with Gasteiger partial charge < -0.3 is 9.30 Å². The molecule has 0 bridgehead atoms. The van der Waals surface area contributed by atoms with Gasteiger partial charge in [0.05, 0.1) is 24.3 Å². The number of aryl methyl sites for hydroxylation is 2. The molecular formula is C16H20N6. The summed E-state index contributed by atoms with van der Waals surface area (Å²) in [6.45, 7) is 6.17. The molecule has 1 saturated heterocycles. The lowest BCUT2D eigenvalue weighted by Crippen LogP contribution is -2.38. The Labute approximate surface area is 129 Å². The lowest BCUT2D eigenvalue weighted by molar-refractivity contribution is 0.368. The normalized spacial score (nSPS) is 19.0. The maximum absolute atomic E-state index is 4.67. The molecule has 6 heteroatoms. The van der Waals surface area contributed by atoms with Crippen LogP contribution in [0.1, 0.15) is 30.3 Å². The molecule has 0 amide bonds. The minimum absolute atomic E-state index is 0.410. The van der Waals surface area contributed by atoms with Crippen molar-refractivity contribution < 1.29 is 0 Å². The molecule has 6 nitrogen and oxygen atoms in total. The predicted molar refractivity (Wildman–Crippen MR) is 85.2 cm³/mol. The fourth-order valence-electron chi connectivity index (χ4n) is 3.44. The third-order valence-electron chi connectivity index (χ3n) is 4.41. The van der Waals surface area contributed by atoms with E-state index in [0.717, 1.165) is 36.5 Å². The van der Waals surface area contributed by atoms with Gasteiger partial charge in [-0.2, -0.15) is 5.10 Å². The molecule has 4 heterocycles. The van der Waals surface area contributed by atoms with Crippen molar-refractivity contribution in [1.29, 1.82) is 0 Å². The van der Waals surface area contributed by atoms with Crippen LogP contribution < -0.4 is 4.90 Å². The first-order chi connectivity index (χ1) is 10.7. The first kappa shape index (κ1) is 13.3. The molecule has 0 aliphatic carbocycles. The number of aromatic nitrogens is 5. The summed E-state index contributed by atoms with van der Waals surface area (Å²) < 4.78 is 4.20. The molecule has 1 atom stereocenters. The zero-order chi connectivity index (χ0) is 15.1. The molecule has 1 aliphatic rings. The van der Waals surface area contributed by atoms with E-state index in [1.807, 2.05) is 29.3 Å². The van der Waals surface area contributed by atoms with Gasteiger partial charge in [0.25, 0.3) is 0 Å². The SMILES string of the molecule is Cc1cc(C)n(C2CCCN(c3nccn4cncc34)C2)n1. The van der Waals surface area contributed by atoms with Crippen molar-refractivity contribution >= 4 is 11.3 Å². The zero-order valence-electron chi connectivity index (χ0n) is 13.0. The van der Waals surface area contributed by atoms with Gasteiger partial charge in [0, 0.05) is 31.2 Å². The van der Waals surface area contributed by atoms with Gasteiger partial charge >= 0.3 is 0 Å². The van der Waals surface area contributed by atoms with Crippen LogP contribution in [0.4, 0.5) is 5.82 Å². The highest BCUT2D eigenvalue weighted by Crippen LogP contribution is 2.28. The molecule has 114 valence electrons. The largest absolute Gasteiger partial charge is 0.353 e. The lowest BCUT2D eigenvalue weighted by Gasteiger charge is -2.34. The molecule has 1 fully saturated rings. The molecule has 4 rings (SSSR count). The highest BCUT2D eigenvalue weighted by atomic mass is 15.3. The highest BCUT2D eigenvalue weighted by molar-refractivity contribution is 5.68. The van der Waals surface area contributed by atoms with E-state index in [-0.39, 0.29) is 0 Å². The standard InChI is InChI=1S/C16H20N6/c1-12-8-13(2)22(19-12)14-4-3-6-20(10-14)16-15-9-17-11-21(15)7-5-18-16/h5,7-9,11,14H,3-4,6,10H2,1-2H3. The average Bonchev–Trinajstić information content (AvgIpc) is 3.13. The topological polar surface area (TPSA) is 51.2 Å². The number of imidazole rings is 1. The van der Waals surface area contributed by atoms with Crippen LogP contribution in [0.25, 0.3) is 5.52 Å². The van der Waals surface area contributed by atoms with Gasteiger partial charge in [-0.3, -0.25) is 4.68 Å². The van der Waals surface area contributed by atoms with Gasteiger partial charge in [-0.15, -0.1) is 0 Å². The third kappa shape index (κ3) is 2.15. The Balaban J connectivity index is 1.66. The van der Waals surface area contributed by atoms with Crippen LogP contribution in [0.5, 0.6) is 0 Å². The summed E-state index contributed by atoms with van der Waals surface area (Å²) in [6, 6.07) is 2.56. The summed E-state index contributed by atoms with van der Waals surface area (Å²) in [4.78, 5) is 11.2. The van der Waals surface area contributed by atoms with Gasteiger partial charge in [-0.1, -0.05) is 0 Å². The summed E-state index contributed by atoms with van der Waals surface area (Å²) >= 11 is 0. The van der Waals surface area contributed by atoms with Crippen molar-refractivity contribution in [2.24, 2.45) is 0 Å². The summed E-state index contributed by atoms with van der Waals surface area (Å²) in [6.07, 6.45) is 9.81. The maximum atomic E-state index is 4.67. The number of rotatable bonds is 2. The lowest BCUT2D eigenvalue weighted by atomic mass is 10.1. The van der Waals surface area contributed by atoms with Gasteiger partial charge in [-0.05, 0) is 32.8 Å². The Kier molecular flexibility index (Phi) is 3.10. The molecule has 0 spiro atoms. The van der Waals surface area contributed by atoms with E-state index in [1.165, 1.54) is 12.1 Å². The van der Waals surface area contributed by atoms with Crippen molar-refractivity contribution in [1.82, 2.24) is 24.1 Å². The number of hydrogen-bond acceptors (Lipinski definition) is 4. The Bertz CT molecular complexity index is 802. The van der Waals surface area contributed by atoms with Crippen LogP contribution in [0.3, 0.4) is 0 Å². The predicted octanol–water partition coefficient (Wildman–Crippen LogP) is 2.38. The van der Waals surface area contributed by atoms with Crippen molar-refractivity contribution in [3.63, 3.8) is 0 Å². The van der Waals surface area contributed by atoms with Gasteiger partial charge in [0.2, 0.25) is 0 Å². The van der Waals surface area contributed by atoms with Crippen LogP contribution in [-0.2, 0) is 0 Å². The molecular weight excluding hydrogens is 276 g/mol. The zero-order valence-corrected chi connectivity index (χ0v) is 13.0. The molecule has 1 aliphatic heterocycles. The van der Waals surface area contributed by atoms with E-state index in [2.05, 4.69) is 44.6 Å². The van der Waals surface area contributed by atoms with Crippen LogP contribution in [0.15, 0.2) is 31.0 Å². The second-order valence-corrected chi connectivity index (χ2v) is 6.05. The minimum Gasteiger partial charge on any atom is -0.353 e. The monoisotopic (exact) mass is 296 g/mol. The van der Waals surface area contributed by atoms with E-state index in [4.69, 9.17) is 0 Å². The van der Waals surface area contributed by atoms with Gasteiger partial charge in [0.15, 0.2) is 5.82 Å². The molecule has 3 aromatic heterocycles. The third-order valence-corrected chi connectivity index (χ3v) is 4.41. The first-order valence-corrected chi connectivity index (χ1v) is 7.77. The van der Waals surface area contributed by atoms with E-state index >= 15 is 0 Å². The Morgan fingerprint density at radius 1 is 1.27 bits per heavy atom. The van der Waals surface area contributed by atoms with E-state index in [1.54, 1.807) is 0 Å². The van der Waals surface area contributed by atoms with Crippen molar-refractivity contribution in [3.8, 4) is 0 Å². The quantitative estimate of drug-likeness (QED) is 0.728. The fraction of sp³-hybridized carbons (Fsp3) is 0.438. The smallest absolute Gasteiger partial charge is 0.154 e. The van der Waals surface area contributed by atoms with E-state index in [9.17, 15) is 0 Å². The summed E-state index contributed by atoms with van der Waals surface area (Å²) in [5, 5.41) is 4.67. The molecule has 3 aromatic rings. The van der Waals surface area contributed by atoms with Gasteiger partial charge in [-0.25, -0.2) is 9.97 Å². The van der Waals surface area contributed by atoms with Crippen molar-refractivity contribution in [2.75, 3.05) is 18.0 Å². The summed E-state index contributed by atoms with van der Waals surface area (Å²) in [5.41, 5.74) is 3.39. The first-order valence-electron chi connectivity index (χ1n) is 7.77.